The molecule has 2 fully saturated rings. The number of benzene rings is 2. The van der Waals surface area contributed by atoms with Crippen LogP contribution < -0.4 is 24.7 Å². The molecule has 0 spiro atoms. The van der Waals surface area contributed by atoms with Crippen molar-refractivity contribution >= 4 is 22.1 Å². The zero-order chi connectivity index (χ0) is 36.9. The Hall–Kier alpha value is -4.94. The summed E-state index contributed by atoms with van der Waals surface area (Å²) in [6.45, 7) is 9.36. The second kappa shape index (κ2) is 14.1. The summed E-state index contributed by atoms with van der Waals surface area (Å²) in [7, 11) is 0. The van der Waals surface area contributed by atoms with Gasteiger partial charge in [-0.1, -0.05) is 13.8 Å². The highest BCUT2D eigenvalue weighted by atomic mass is 19.1. The molecule has 4 N–H and O–H groups in total. The van der Waals surface area contributed by atoms with E-state index in [2.05, 4.69) is 50.9 Å². The summed E-state index contributed by atoms with van der Waals surface area (Å²) >= 11 is 0. The van der Waals surface area contributed by atoms with Crippen LogP contribution in [0, 0.1) is 40.5 Å². The number of piperidine rings is 2. The molecule has 4 aromatic heterocycles. The van der Waals surface area contributed by atoms with Gasteiger partial charge < -0.3 is 19.8 Å². The van der Waals surface area contributed by atoms with Gasteiger partial charge in [0.1, 0.15) is 45.8 Å². The predicted octanol–water partition coefficient (Wildman–Crippen LogP) is 8.20. The van der Waals surface area contributed by atoms with Crippen molar-refractivity contribution in [1.82, 2.24) is 25.6 Å². The number of H-pyrrole nitrogens is 2. The molecule has 2 aliphatic heterocycles. The molecule has 2 aromatic carbocycles. The Morgan fingerprint density at radius 1 is 0.830 bits per heavy atom. The summed E-state index contributed by atoms with van der Waals surface area (Å²) in [5, 5.41) is 8.60. The first kappa shape index (κ1) is 35.1. The van der Waals surface area contributed by atoms with Crippen molar-refractivity contribution in [2.24, 2.45) is 17.3 Å². The van der Waals surface area contributed by atoms with E-state index in [1.165, 1.54) is 24.3 Å². The van der Waals surface area contributed by atoms with Crippen molar-refractivity contribution < 1.29 is 31.6 Å². The molecule has 0 saturated carbocycles. The summed E-state index contributed by atoms with van der Waals surface area (Å²) in [6.07, 6.45) is 9.49. The average Bonchev–Trinajstić information content (AvgIpc) is 3.75. The van der Waals surface area contributed by atoms with Crippen molar-refractivity contribution in [1.29, 1.82) is 0 Å². The smallest absolute Gasteiger partial charge is 0.292 e. The Kier molecular flexibility index (Phi) is 9.36. The van der Waals surface area contributed by atoms with Crippen molar-refractivity contribution in [3.05, 3.63) is 96.6 Å². The standard InChI is InChI=1S/C41H42F4N6O2/c1-23-18-46-7-4-25(23)21-52-35-6-9-51(40-38(35)33(20-49-40)27-12-30(44)15-31(45)13-27)36-17-41(3,16-24(2)50-36)22-53-34-5-8-47-39-37(34)32(19-48-39)26-10-28(42)14-29(43)11-26/h5-6,8-15,19-20,23-25,36,46,50H,4,7,16-18,21-22H2,1-3H3,(H,47,48)/p+1. The molecule has 8 nitrogen and oxygen atoms in total. The molecule has 0 amide bonds. The first-order chi connectivity index (χ1) is 25.5. The van der Waals surface area contributed by atoms with E-state index in [4.69, 9.17) is 9.47 Å². The van der Waals surface area contributed by atoms with Crippen LogP contribution in [-0.4, -0.2) is 47.3 Å². The second-order valence-corrected chi connectivity index (χ2v) is 15.2. The van der Waals surface area contributed by atoms with Crippen molar-refractivity contribution in [3.63, 3.8) is 0 Å². The minimum atomic E-state index is -0.664. The van der Waals surface area contributed by atoms with E-state index < -0.39 is 23.3 Å². The lowest BCUT2D eigenvalue weighted by Gasteiger charge is -2.40. The molecule has 2 aliphatic rings. The molecular formula is C41H43F4N6O2+. The third kappa shape index (κ3) is 7.09. The molecule has 53 heavy (non-hydrogen) atoms. The van der Waals surface area contributed by atoms with Crippen LogP contribution >= 0.6 is 0 Å². The van der Waals surface area contributed by atoms with Crippen LogP contribution in [0.25, 0.3) is 44.3 Å². The maximum Gasteiger partial charge on any atom is 0.292 e. The monoisotopic (exact) mass is 727 g/mol. The quantitative estimate of drug-likeness (QED) is 0.0891. The lowest BCUT2D eigenvalue weighted by molar-refractivity contribution is -0.711. The van der Waals surface area contributed by atoms with Crippen LogP contribution in [0.3, 0.4) is 0 Å². The summed E-state index contributed by atoms with van der Waals surface area (Å²) < 4.78 is 72.7. The van der Waals surface area contributed by atoms with Crippen molar-refractivity contribution in [2.45, 2.75) is 52.2 Å². The molecule has 0 radical (unpaired) electrons. The van der Waals surface area contributed by atoms with Gasteiger partial charge in [0.25, 0.3) is 5.65 Å². The molecule has 12 heteroatoms. The Labute approximate surface area is 304 Å². The number of ether oxygens (including phenoxy) is 2. The fourth-order valence-electron chi connectivity index (χ4n) is 8.37. The molecule has 8 rings (SSSR count). The highest BCUT2D eigenvalue weighted by Crippen LogP contribution is 2.41. The number of hydrogen-bond acceptors (Lipinski definition) is 5. The van der Waals surface area contributed by atoms with Gasteiger partial charge in [0.2, 0.25) is 0 Å². The summed E-state index contributed by atoms with van der Waals surface area (Å²) in [5.41, 5.74) is 3.08. The first-order valence-corrected chi connectivity index (χ1v) is 18.2. The third-order valence-corrected chi connectivity index (χ3v) is 10.9. The maximum atomic E-state index is 14.5. The van der Waals surface area contributed by atoms with Gasteiger partial charge in [-0.25, -0.2) is 32.1 Å². The Balaban J connectivity index is 1.11. The summed E-state index contributed by atoms with van der Waals surface area (Å²) in [5.74, 6) is -0.567. The number of halogens is 4. The van der Waals surface area contributed by atoms with Gasteiger partial charge in [0.05, 0.1) is 31.0 Å². The molecule has 0 aliphatic carbocycles. The van der Waals surface area contributed by atoms with Crippen molar-refractivity contribution in [3.8, 4) is 33.8 Å². The van der Waals surface area contributed by atoms with Gasteiger partial charge in [-0.05, 0) is 86.1 Å². The van der Waals surface area contributed by atoms with Crippen LogP contribution in [0.4, 0.5) is 17.6 Å². The predicted molar refractivity (Wildman–Crippen MR) is 195 cm³/mol. The third-order valence-electron chi connectivity index (χ3n) is 10.9. The largest absolute Gasteiger partial charge is 0.492 e. The second-order valence-electron chi connectivity index (χ2n) is 15.2. The molecular weight excluding hydrogens is 684 g/mol. The molecule has 0 bridgehead atoms. The number of hydrogen-bond donors (Lipinski definition) is 4. The highest BCUT2D eigenvalue weighted by molar-refractivity contribution is 5.98. The zero-order valence-electron chi connectivity index (χ0n) is 29.9. The molecule has 2 saturated heterocycles. The number of fused-ring (bicyclic) bond motifs is 2. The van der Waals surface area contributed by atoms with Crippen LogP contribution in [0.2, 0.25) is 0 Å². The summed E-state index contributed by atoms with van der Waals surface area (Å²) in [6, 6.07) is 10.8. The zero-order valence-corrected chi connectivity index (χ0v) is 29.9. The summed E-state index contributed by atoms with van der Waals surface area (Å²) in [4.78, 5) is 11.0. The van der Waals surface area contributed by atoms with Gasteiger partial charge in [0.15, 0.2) is 6.17 Å². The fourth-order valence-corrected chi connectivity index (χ4v) is 8.37. The Bertz CT molecular complexity index is 2250. The number of nitrogens with one attached hydrogen (secondary N) is 4. The van der Waals surface area contributed by atoms with Crippen LogP contribution in [0.1, 0.15) is 46.2 Å². The normalized spacial score (nSPS) is 23.5. The van der Waals surface area contributed by atoms with Crippen molar-refractivity contribution in [2.75, 3.05) is 26.3 Å². The van der Waals surface area contributed by atoms with E-state index in [1.807, 2.05) is 12.3 Å². The maximum absolute atomic E-state index is 14.5. The van der Waals surface area contributed by atoms with Crippen LogP contribution in [-0.2, 0) is 0 Å². The van der Waals surface area contributed by atoms with E-state index in [0.29, 0.717) is 76.3 Å². The molecule has 5 atom stereocenters. The number of rotatable bonds is 9. The van der Waals surface area contributed by atoms with E-state index in [-0.39, 0.29) is 17.6 Å². The topological polar surface area (TPSA) is 90.9 Å². The first-order valence-electron chi connectivity index (χ1n) is 18.2. The van der Waals surface area contributed by atoms with E-state index in [1.54, 1.807) is 24.7 Å². The van der Waals surface area contributed by atoms with Gasteiger partial charge >= 0.3 is 0 Å². The van der Waals surface area contributed by atoms with Gasteiger partial charge in [-0.15, -0.1) is 0 Å². The van der Waals surface area contributed by atoms with E-state index >= 15 is 0 Å². The highest BCUT2D eigenvalue weighted by Gasteiger charge is 2.40. The number of pyridine rings is 2. The molecule has 6 heterocycles. The molecule has 276 valence electrons. The Morgan fingerprint density at radius 2 is 1.49 bits per heavy atom. The van der Waals surface area contributed by atoms with E-state index in [9.17, 15) is 17.6 Å². The van der Waals surface area contributed by atoms with Gasteiger partial charge in [-0.3, -0.25) is 5.32 Å². The fraction of sp³-hybridized carbons (Fsp3) is 0.366. The van der Waals surface area contributed by atoms with Crippen LogP contribution in [0.5, 0.6) is 11.5 Å². The SMILES string of the molecule is CC1CC(C)(COc2ccnc3[nH]cc(-c4cc(F)cc(F)c4)c23)CC([n+]2ccc(OCC3CCNCC3C)c3c(-c4cc(F)cc(F)c4)c[nH]c32)N1. The lowest BCUT2D eigenvalue weighted by atomic mass is 9.77. The molecule has 6 aromatic rings. The van der Waals surface area contributed by atoms with Gasteiger partial charge in [0, 0.05) is 59.6 Å². The van der Waals surface area contributed by atoms with Gasteiger partial charge in [-0.2, -0.15) is 0 Å². The number of aromatic nitrogens is 4. The van der Waals surface area contributed by atoms with Crippen LogP contribution in [0.15, 0.2) is 73.3 Å². The lowest BCUT2D eigenvalue weighted by Crippen LogP contribution is -2.57. The Morgan fingerprint density at radius 3 is 2.19 bits per heavy atom. The average molecular weight is 728 g/mol. The number of nitrogens with zero attached hydrogens (tertiary/aromatic N) is 2. The van der Waals surface area contributed by atoms with E-state index in [0.717, 1.165) is 49.1 Å². The number of aromatic amines is 2. The minimum Gasteiger partial charge on any atom is -0.492 e. The molecule has 5 unspecified atom stereocenters. The minimum absolute atomic E-state index is 0.115.